The van der Waals surface area contributed by atoms with Crippen molar-refractivity contribution in [3.05, 3.63) is 59.4 Å². The third kappa shape index (κ3) is 5.00. The van der Waals surface area contributed by atoms with E-state index in [-0.39, 0.29) is 36.9 Å². The van der Waals surface area contributed by atoms with E-state index in [4.69, 9.17) is 15.2 Å². The summed E-state index contributed by atoms with van der Waals surface area (Å²) in [4.78, 5) is 24.8. The first-order valence-electron chi connectivity index (χ1n) is 10.6. The van der Waals surface area contributed by atoms with Gasteiger partial charge in [-0.3, -0.25) is 0 Å². The van der Waals surface area contributed by atoms with Crippen molar-refractivity contribution in [1.29, 1.82) is 0 Å². The highest BCUT2D eigenvalue weighted by Gasteiger charge is 2.57. The van der Waals surface area contributed by atoms with Crippen molar-refractivity contribution < 1.29 is 37.0 Å². The number of ether oxygens (including phenoxy) is 2. The predicted molar refractivity (Wildman–Crippen MR) is 121 cm³/mol. The predicted octanol–water partition coefficient (Wildman–Crippen LogP) is 2.50. The molecule has 34 heavy (non-hydrogen) atoms. The van der Waals surface area contributed by atoms with Crippen LogP contribution in [0.3, 0.4) is 0 Å². The van der Waals surface area contributed by atoms with Gasteiger partial charge < -0.3 is 25.2 Å². The lowest BCUT2D eigenvalue weighted by Crippen LogP contribution is -2.66. The van der Waals surface area contributed by atoms with E-state index in [9.17, 15) is 27.5 Å². The van der Waals surface area contributed by atoms with Crippen LogP contribution in [0.2, 0.25) is 0 Å². The molecule has 2 unspecified atom stereocenters. The summed E-state index contributed by atoms with van der Waals surface area (Å²) in [5.41, 5.74) is 4.65. The number of urea groups is 1. The molecule has 0 aromatic heterocycles. The minimum Gasteiger partial charge on any atom is -0.489 e. The Kier molecular flexibility index (Phi) is 7.47. The van der Waals surface area contributed by atoms with E-state index >= 15 is 0 Å². The van der Waals surface area contributed by atoms with Crippen molar-refractivity contribution in [1.82, 2.24) is 4.90 Å². The Bertz CT molecular complexity index is 1170. The second-order valence-electron chi connectivity index (χ2n) is 8.04. The fourth-order valence-corrected chi connectivity index (χ4v) is 6.08. The number of nitrogens with zero attached hydrogens (tertiary/aromatic N) is 1. The number of benzene rings is 2. The van der Waals surface area contributed by atoms with Crippen LogP contribution in [-0.4, -0.2) is 61.0 Å². The summed E-state index contributed by atoms with van der Waals surface area (Å²) in [7, 11) is -4.17. The molecule has 1 aliphatic heterocycles. The number of primary amides is 1. The Morgan fingerprint density at radius 2 is 1.91 bits per heavy atom. The van der Waals surface area contributed by atoms with Crippen molar-refractivity contribution >= 4 is 21.8 Å². The van der Waals surface area contributed by atoms with Gasteiger partial charge in [-0.25, -0.2) is 22.4 Å². The third-order valence-electron chi connectivity index (χ3n) is 5.92. The molecule has 0 bridgehead atoms. The number of carbonyl (C=O) groups is 2. The highest BCUT2D eigenvalue weighted by molar-refractivity contribution is 7.92. The topological polar surface area (TPSA) is 136 Å². The number of aryl methyl sites for hydroxylation is 1. The van der Waals surface area contributed by atoms with Gasteiger partial charge >= 0.3 is 12.0 Å². The number of hydrogen-bond acceptors (Lipinski definition) is 6. The maximum Gasteiger partial charge on any atom is 0.339 e. The lowest BCUT2D eigenvalue weighted by Gasteiger charge is -2.43. The number of nitrogens with two attached hydrogens (primary N) is 1. The Morgan fingerprint density at radius 1 is 1.24 bits per heavy atom. The molecule has 0 spiro atoms. The number of likely N-dealkylation sites (tertiary alicyclic amines) is 1. The average molecular weight is 495 g/mol. The van der Waals surface area contributed by atoms with Crippen LogP contribution < -0.4 is 10.5 Å². The molecule has 1 fully saturated rings. The van der Waals surface area contributed by atoms with E-state index in [1.165, 1.54) is 36.4 Å². The van der Waals surface area contributed by atoms with Crippen molar-refractivity contribution in [2.75, 3.05) is 19.7 Å². The molecule has 1 saturated heterocycles. The van der Waals surface area contributed by atoms with Gasteiger partial charge in [-0.1, -0.05) is 6.07 Å². The van der Waals surface area contributed by atoms with Gasteiger partial charge in [0.1, 0.15) is 23.4 Å². The van der Waals surface area contributed by atoms with E-state index < -0.39 is 39.2 Å². The number of rotatable bonds is 8. The van der Waals surface area contributed by atoms with Gasteiger partial charge in [-0.05, 0) is 67.8 Å². The summed E-state index contributed by atoms with van der Waals surface area (Å²) in [6.07, 6.45) is -0.158. The highest BCUT2D eigenvalue weighted by Crippen LogP contribution is 2.35. The van der Waals surface area contributed by atoms with Gasteiger partial charge in [0, 0.05) is 13.2 Å². The molecule has 2 atom stereocenters. The Hall–Kier alpha value is -3.18. The lowest BCUT2D eigenvalue weighted by atomic mass is 9.92. The number of carbonyl (C=O) groups excluding carboxylic acids is 1. The number of aliphatic carboxylic acids is 1. The molecule has 11 heteroatoms. The molecule has 184 valence electrons. The zero-order valence-corrected chi connectivity index (χ0v) is 19.7. The fourth-order valence-electron chi connectivity index (χ4n) is 4.07. The summed E-state index contributed by atoms with van der Waals surface area (Å²) in [6.45, 7) is 2.89. The van der Waals surface area contributed by atoms with Crippen LogP contribution >= 0.6 is 0 Å². The number of carboxylic acids is 1. The molecule has 1 heterocycles. The smallest absolute Gasteiger partial charge is 0.339 e. The molecule has 2 aromatic rings. The Labute approximate surface area is 197 Å². The molecule has 3 N–H and O–H groups in total. The summed E-state index contributed by atoms with van der Waals surface area (Å²) < 4.78 is 51.6. The second kappa shape index (κ2) is 9.98. The minimum atomic E-state index is -4.17. The summed E-state index contributed by atoms with van der Waals surface area (Å²) in [6, 6.07) is 9.05. The van der Waals surface area contributed by atoms with Crippen LogP contribution in [0.25, 0.3) is 0 Å². The molecule has 1 aliphatic rings. The second-order valence-corrected chi connectivity index (χ2v) is 10.2. The molecular formula is C23H27FN2O7S. The maximum atomic E-state index is 13.5. The zero-order chi connectivity index (χ0) is 25.1. The Balaban J connectivity index is 1.85. The fraction of sp³-hybridized carbons (Fsp3) is 0.391. The van der Waals surface area contributed by atoms with E-state index in [0.29, 0.717) is 11.3 Å². The van der Waals surface area contributed by atoms with Gasteiger partial charge in [-0.15, -0.1) is 0 Å². The van der Waals surface area contributed by atoms with Crippen LogP contribution in [0, 0.1) is 12.7 Å². The lowest BCUT2D eigenvalue weighted by molar-refractivity contribution is -0.170. The Morgan fingerprint density at radius 3 is 2.50 bits per heavy atom. The number of sulfone groups is 1. The molecular weight excluding hydrogens is 467 g/mol. The van der Waals surface area contributed by atoms with Crippen LogP contribution in [0.15, 0.2) is 47.4 Å². The molecule has 0 radical (unpaired) electrons. The van der Waals surface area contributed by atoms with E-state index in [1.807, 2.05) is 6.92 Å². The standard InChI is InChI=1S/C23H27FN2O7S/c1-3-33-23(21(27)28)14-26(22(25)29)11-10-20(23)34(30,31)19-8-6-18(7-9-19)32-13-16-12-17(24)5-4-15(16)2/h4-9,12,20H,3,10-11,13-14H2,1-2H3,(H2,25,29)(H,27,28). The van der Waals surface area contributed by atoms with Crippen molar-refractivity contribution in [2.45, 2.75) is 42.6 Å². The molecule has 2 amide bonds. The van der Waals surface area contributed by atoms with Gasteiger partial charge in [0.25, 0.3) is 0 Å². The van der Waals surface area contributed by atoms with Gasteiger partial charge in [0.15, 0.2) is 15.4 Å². The molecule has 2 aromatic carbocycles. The van der Waals surface area contributed by atoms with Gasteiger partial charge in [0.2, 0.25) is 0 Å². The average Bonchev–Trinajstić information content (AvgIpc) is 2.79. The SMILES string of the molecule is CCOC1(C(=O)O)CN(C(N)=O)CCC1S(=O)(=O)c1ccc(OCc2cc(F)ccc2C)cc1. The van der Waals surface area contributed by atoms with Crippen LogP contribution in [0.1, 0.15) is 24.5 Å². The van der Waals surface area contributed by atoms with Gasteiger partial charge in [-0.2, -0.15) is 0 Å². The van der Waals surface area contributed by atoms with Gasteiger partial charge in [0.05, 0.1) is 11.4 Å². The van der Waals surface area contributed by atoms with E-state index in [2.05, 4.69) is 0 Å². The molecule has 9 nitrogen and oxygen atoms in total. The quantitative estimate of drug-likeness (QED) is 0.575. The zero-order valence-electron chi connectivity index (χ0n) is 18.9. The largest absolute Gasteiger partial charge is 0.489 e. The van der Waals surface area contributed by atoms with E-state index in [0.717, 1.165) is 10.5 Å². The van der Waals surface area contributed by atoms with Crippen molar-refractivity contribution in [3.63, 3.8) is 0 Å². The monoisotopic (exact) mass is 494 g/mol. The minimum absolute atomic E-state index is 0.0183. The van der Waals surface area contributed by atoms with E-state index in [1.54, 1.807) is 13.0 Å². The van der Waals surface area contributed by atoms with Crippen molar-refractivity contribution in [3.8, 4) is 5.75 Å². The third-order valence-corrected chi connectivity index (χ3v) is 8.21. The van der Waals surface area contributed by atoms with Crippen LogP contribution in [-0.2, 0) is 26.0 Å². The highest BCUT2D eigenvalue weighted by atomic mass is 32.2. The first-order valence-corrected chi connectivity index (χ1v) is 12.2. The number of hydrogen-bond donors (Lipinski definition) is 2. The molecule has 0 saturated carbocycles. The summed E-state index contributed by atoms with van der Waals surface area (Å²) >= 11 is 0. The number of amides is 2. The summed E-state index contributed by atoms with van der Waals surface area (Å²) in [5.74, 6) is -1.51. The normalized spacial score (nSPS) is 20.7. The van der Waals surface area contributed by atoms with Crippen molar-refractivity contribution in [2.24, 2.45) is 5.73 Å². The van der Waals surface area contributed by atoms with Crippen LogP contribution in [0.5, 0.6) is 5.75 Å². The maximum absolute atomic E-state index is 13.5. The number of halogens is 1. The summed E-state index contributed by atoms with van der Waals surface area (Å²) in [5, 5.41) is 8.51. The molecule has 3 rings (SSSR count). The first-order chi connectivity index (χ1) is 16.0. The van der Waals surface area contributed by atoms with Crippen LogP contribution in [0.4, 0.5) is 9.18 Å². The molecule has 0 aliphatic carbocycles. The number of carboxylic acid groups (broad SMARTS) is 1. The first kappa shape index (κ1) is 25.4. The number of piperidine rings is 1.